The van der Waals surface area contributed by atoms with Crippen LogP contribution in [0.2, 0.25) is 0 Å². The zero-order valence-electron chi connectivity index (χ0n) is 14.1. The van der Waals surface area contributed by atoms with Crippen LogP contribution in [-0.2, 0) is 34.1 Å². The van der Waals surface area contributed by atoms with Crippen molar-refractivity contribution in [1.29, 1.82) is 0 Å². The molecule has 134 valence electrons. The predicted molar refractivity (Wildman–Crippen MR) is 78.1 cm³/mol. The molecular formula is C12H34Cu2N4O2+2. The fourth-order valence-corrected chi connectivity index (χ4v) is 0.800. The van der Waals surface area contributed by atoms with Crippen LogP contribution in [0, 0.1) is 0 Å². The van der Waals surface area contributed by atoms with E-state index in [-0.39, 0.29) is 45.1 Å². The molecule has 0 saturated carbocycles. The average Bonchev–Trinajstić information content (AvgIpc) is 2.12. The smallest absolute Gasteiger partial charge is 0.870 e. The summed E-state index contributed by atoms with van der Waals surface area (Å²) < 4.78 is 0. The van der Waals surface area contributed by atoms with Crippen molar-refractivity contribution >= 4 is 0 Å². The van der Waals surface area contributed by atoms with Gasteiger partial charge in [-0.2, -0.15) is 0 Å². The molecule has 0 aromatic carbocycles. The molecule has 0 rings (SSSR count). The first-order chi connectivity index (χ1) is 7.25. The van der Waals surface area contributed by atoms with E-state index in [0.717, 1.165) is 26.2 Å². The average molecular weight is 394 g/mol. The zero-order valence-corrected chi connectivity index (χ0v) is 16.0. The topological polar surface area (TPSA) is 73.0 Å². The molecular weight excluding hydrogens is 359 g/mol. The summed E-state index contributed by atoms with van der Waals surface area (Å²) >= 11 is 0. The summed E-state index contributed by atoms with van der Waals surface area (Å²) in [7, 11) is 16.7. The van der Waals surface area contributed by atoms with E-state index in [0.29, 0.717) is 0 Å². The molecule has 8 heteroatoms. The van der Waals surface area contributed by atoms with E-state index in [4.69, 9.17) is 0 Å². The minimum Gasteiger partial charge on any atom is -0.870 e. The van der Waals surface area contributed by atoms with Crippen molar-refractivity contribution in [3.05, 3.63) is 0 Å². The van der Waals surface area contributed by atoms with Crippen LogP contribution in [0.4, 0.5) is 0 Å². The molecule has 0 unspecified atom stereocenters. The van der Waals surface area contributed by atoms with Crippen LogP contribution in [-0.4, -0.2) is 113 Å². The van der Waals surface area contributed by atoms with Crippen molar-refractivity contribution in [3.8, 4) is 0 Å². The summed E-state index contributed by atoms with van der Waals surface area (Å²) in [4.78, 5) is 8.72. The Bertz CT molecular complexity index is 119. The van der Waals surface area contributed by atoms with Crippen molar-refractivity contribution in [3.63, 3.8) is 0 Å². The Morgan fingerprint density at radius 1 is 0.400 bits per heavy atom. The zero-order chi connectivity index (χ0) is 13.1. The summed E-state index contributed by atoms with van der Waals surface area (Å²) in [6.45, 7) is 4.58. The molecule has 0 aromatic rings. The molecule has 6 nitrogen and oxygen atoms in total. The molecule has 0 bridgehead atoms. The van der Waals surface area contributed by atoms with E-state index in [1.807, 2.05) is 0 Å². The van der Waals surface area contributed by atoms with Gasteiger partial charge in [-0.1, -0.05) is 0 Å². The fraction of sp³-hybridized carbons (Fsp3) is 1.00. The minimum atomic E-state index is 0. The van der Waals surface area contributed by atoms with Crippen molar-refractivity contribution in [2.24, 2.45) is 0 Å². The molecule has 0 aliphatic rings. The summed E-state index contributed by atoms with van der Waals surface area (Å²) in [6.07, 6.45) is 0. The van der Waals surface area contributed by atoms with E-state index in [9.17, 15) is 0 Å². The van der Waals surface area contributed by atoms with E-state index in [2.05, 4.69) is 76.0 Å². The van der Waals surface area contributed by atoms with Gasteiger partial charge in [0.05, 0.1) is 0 Å². The van der Waals surface area contributed by atoms with Crippen LogP contribution in [0.3, 0.4) is 0 Å². The Morgan fingerprint density at radius 2 is 0.500 bits per heavy atom. The maximum absolute atomic E-state index is 2.18. The molecule has 0 heterocycles. The summed E-state index contributed by atoms with van der Waals surface area (Å²) in [5.74, 6) is 0. The quantitative estimate of drug-likeness (QED) is 0.585. The molecule has 0 spiro atoms. The molecule has 0 aliphatic carbocycles. The molecule has 2 radical (unpaired) electrons. The van der Waals surface area contributed by atoms with Gasteiger partial charge in [0, 0.05) is 26.2 Å². The second kappa shape index (κ2) is 24.8. The van der Waals surface area contributed by atoms with E-state index < -0.39 is 0 Å². The van der Waals surface area contributed by atoms with Gasteiger partial charge in [0.15, 0.2) is 0 Å². The van der Waals surface area contributed by atoms with Gasteiger partial charge in [0.25, 0.3) is 0 Å². The van der Waals surface area contributed by atoms with Crippen LogP contribution in [0.15, 0.2) is 0 Å². The van der Waals surface area contributed by atoms with Gasteiger partial charge >= 0.3 is 34.1 Å². The normalized spacial score (nSPS) is 9.00. The standard InChI is InChI=1S/2C6H16N2.2Cu.2H2O/c2*1-7(2)5-6-8(3)4;;;;/h2*5-6H2,1-4H3;;;2*1H2/q;;2*+2;;/p-2. The van der Waals surface area contributed by atoms with Crippen molar-refractivity contribution in [1.82, 2.24) is 19.6 Å². The largest absolute Gasteiger partial charge is 2.00 e. The SMILES string of the molecule is CN(C)CCN(C)C.CN(C)CCN(C)C.[Cu+2].[Cu+2].[OH-].[OH-]. The molecule has 0 amide bonds. The van der Waals surface area contributed by atoms with Gasteiger partial charge in [-0.15, -0.1) is 0 Å². The van der Waals surface area contributed by atoms with Crippen LogP contribution in [0.1, 0.15) is 0 Å². The molecule has 0 fully saturated rings. The van der Waals surface area contributed by atoms with Gasteiger partial charge < -0.3 is 30.6 Å². The van der Waals surface area contributed by atoms with Crippen LogP contribution in [0.5, 0.6) is 0 Å². The van der Waals surface area contributed by atoms with Crippen LogP contribution >= 0.6 is 0 Å². The first-order valence-corrected chi connectivity index (χ1v) is 5.84. The molecule has 2 N–H and O–H groups in total. The fourth-order valence-electron chi connectivity index (χ4n) is 0.800. The Kier molecular flexibility index (Phi) is 46.2. The van der Waals surface area contributed by atoms with Crippen molar-refractivity contribution < 1.29 is 45.1 Å². The molecule has 0 aromatic heterocycles. The Labute approximate surface area is 147 Å². The third-order valence-electron chi connectivity index (χ3n) is 1.99. The van der Waals surface area contributed by atoms with Crippen molar-refractivity contribution in [2.45, 2.75) is 0 Å². The minimum absolute atomic E-state index is 0. The number of likely N-dealkylation sites (N-methyl/N-ethyl adjacent to an activating group) is 4. The van der Waals surface area contributed by atoms with Crippen LogP contribution < -0.4 is 0 Å². The molecule has 0 aliphatic heterocycles. The summed E-state index contributed by atoms with van der Waals surface area (Å²) in [5.41, 5.74) is 0. The Hall–Kier alpha value is 0.799. The number of hydrogen-bond acceptors (Lipinski definition) is 6. The first kappa shape index (κ1) is 37.2. The number of rotatable bonds is 6. The predicted octanol–water partition coefficient (Wildman–Crippen LogP) is -0.139. The van der Waals surface area contributed by atoms with E-state index in [1.165, 1.54) is 0 Å². The summed E-state index contributed by atoms with van der Waals surface area (Å²) in [5, 5.41) is 0. The Morgan fingerprint density at radius 3 is 0.550 bits per heavy atom. The third-order valence-corrected chi connectivity index (χ3v) is 1.99. The summed E-state index contributed by atoms with van der Waals surface area (Å²) in [6, 6.07) is 0. The first-order valence-electron chi connectivity index (χ1n) is 5.84. The Balaban J connectivity index is -0.0000000408. The second-order valence-corrected chi connectivity index (χ2v) is 5.21. The van der Waals surface area contributed by atoms with E-state index in [1.54, 1.807) is 0 Å². The number of hydrogen-bond donors (Lipinski definition) is 0. The maximum atomic E-state index is 2.18. The van der Waals surface area contributed by atoms with Gasteiger partial charge in [0.2, 0.25) is 0 Å². The molecule has 0 saturated heterocycles. The molecule has 0 atom stereocenters. The van der Waals surface area contributed by atoms with Crippen LogP contribution in [0.25, 0.3) is 0 Å². The van der Waals surface area contributed by atoms with Crippen molar-refractivity contribution in [2.75, 3.05) is 82.6 Å². The third kappa shape index (κ3) is 51.1. The molecule has 20 heavy (non-hydrogen) atoms. The van der Waals surface area contributed by atoms with Gasteiger partial charge in [-0.05, 0) is 56.4 Å². The van der Waals surface area contributed by atoms with E-state index >= 15 is 0 Å². The van der Waals surface area contributed by atoms with Gasteiger partial charge in [0.1, 0.15) is 0 Å². The number of nitrogens with zero attached hydrogens (tertiary/aromatic N) is 4. The maximum Gasteiger partial charge on any atom is 2.00 e. The monoisotopic (exact) mass is 392 g/mol. The van der Waals surface area contributed by atoms with Gasteiger partial charge in [-0.3, -0.25) is 0 Å². The van der Waals surface area contributed by atoms with Gasteiger partial charge in [-0.25, -0.2) is 0 Å². The second-order valence-electron chi connectivity index (χ2n) is 5.21.